The molecule has 2 heterocycles. The Morgan fingerprint density at radius 1 is 1.44 bits per heavy atom. The lowest BCUT2D eigenvalue weighted by Crippen LogP contribution is -2.30. The summed E-state index contributed by atoms with van der Waals surface area (Å²) >= 11 is 6.20. The van der Waals surface area contributed by atoms with Gasteiger partial charge in [0.2, 0.25) is 0 Å². The van der Waals surface area contributed by atoms with Crippen LogP contribution < -0.4 is 5.32 Å². The first-order chi connectivity index (χ1) is 8.75. The van der Waals surface area contributed by atoms with E-state index in [0.29, 0.717) is 0 Å². The fourth-order valence-corrected chi connectivity index (χ4v) is 3.22. The molecule has 1 saturated heterocycles. The molecule has 3 nitrogen and oxygen atoms in total. The lowest BCUT2D eigenvalue weighted by atomic mass is 9.82. The van der Waals surface area contributed by atoms with E-state index in [1.165, 1.54) is 6.42 Å². The van der Waals surface area contributed by atoms with E-state index in [4.69, 9.17) is 16.6 Å². The Morgan fingerprint density at radius 2 is 2.33 bits per heavy atom. The summed E-state index contributed by atoms with van der Waals surface area (Å²) in [5.74, 6) is 1.09. The molecule has 2 N–H and O–H groups in total. The van der Waals surface area contributed by atoms with Gasteiger partial charge in [0, 0.05) is 12.0 Å². The first-order valence-electron chi connectivity index (χ1n) is 6.61. The van der Waals surface area contributed by atoms with E-state index in [1.54, 1.807) is 0 Å². The number of hydrogen-bond acceptors (Lipinski definition) is 2. The molecule has 1 aromatic carbocycles. The zero-order valence-electron chi connectivity index (χ0n) is 10.6. The topological polar surface area (TPSA) is 40.7 Å². The Balaban J connectivity index is 2.09. The third kappa shape index (κ3) is 1.82. The smallest absolute Gasteiger partial charge is 0.114 e. The number of benzene rings is 1. The van der Waals surface area contributed by atoms with E-state index < -0.39 is 0 Å². The Hall–Kier alpha value is -1.06. The molecular formula is C14H18ClN3. The van der Waals surface area contributed by atoms with Crippen molar-refractivity contribution in [3.05, 3.63) is 29.0 Å². The predicted octanol–water partition coefficient (Wildman–Crippen LogP) is 3.25. The molecule has 2 aromatic rings. The summed E-state index contributed by atoms with van der Waals surface area (Å²) in [6.45, 7) is 4.32. The molecule has 1 atom stereocenters. The number of fused-ring (bicyclic) bond motifs is 1. The fourth-order valence-electron chi connectivity index (χ4n) is 3.00. The highest BCUT2D eigenvalue weighted by molar-refractivity contribution is 6.34. The van der Waals surface area contributed by atoms with Crippen molar-refractivity contribution in [2.75, 3.05) is 13.1 Å². The van der Waals surface area contributed by atoms with Gasteiger partial charge in [-0.2, -0.15) is 0 Å². The quantitative estimate of drug-likeness (QED) is 0.893. The predicted molar refractivity (Wildman–Crippen MR) is 75.2 cm³/mol. The molecule has 4 heteroatoms. The molecule has 1 aromatic heterocycles. The Labute approximate surface area is 112 Å². The minimum Gasteiger partial charge on any atom is -0.341 e. The summed E-state index contributed by atoms with van der Waals surface area (Å²) in [6, 6.07) is 5.90. The molecule has 0 amide bonds. The van der Waals surface area contributed by atoms with Gasteiger partial charge in [-0.25, -0.2) is 4.98 Å². The summed E-state index contributed by atoms with van der Waals surface area (Å²) in [7, 11) is 0. The van der Waals surface area contributed by atoms with Crippen molar-refractivity contribution in [3.8, 4) is 0 Å². The normalized spacial score (nSPS) is 23.9. The first-order valence-corrected chi connectivity index (χ1v) is 6.98. The van der Waals surface area contributed by atoms with Crippen molar-refractivity contribution < 1.29 is 0 Å². The number of rotatable bonds is 3. The number of H-pyrrole nitrogens is 1. The number of para-hydroxylation sites is 1. The molecule has 3 rings (SSSR count). The van der Waals surface area contributed by atoms with E-state index >= 15 is 0 Å². The third-order valence-corrected chi connectivity index (χ3v) is 4.24. The van der Waals surface area contributed by atoms with Gasteiger partial charge in [0.05, 0.1) is 10.5 Å². The van der Waals surface area contributed by atoms with E-state index in [2.05, 4.69) is 17.2 Å². The molecule has 1 fully saturated rings. The average Bonchev–Trinajstić information content (AvgIpc) is 2.97. The zero-order valence-corrected chi connectivity index (χ0v) is 11.3. The van der Waals surface area contributed by atoms with E-state index in [0.717, 1.165) is 47.8 Å². The van der Waals surface area contributed by atoms with Gasteiger partial charge in [-0.3, -0.25) is 0 Å². The van der Waals surface area contributed by atoms with Gasteiger partial charge in [0.15, 0.2) is 0 Å². The lowest BCUT2D eigenvalue weighted by molar-refractivity contribution is 0.406. The fraction of sp³-hybridized carbons (Fsp3) is 0.500. The average molecular weight is 264 g/mol. The van der Waals surface area contributed by atoms with Gasteiger partial charge >= 0.3 is 0 Å². The van der Waals surface area contributed by atoms with Crippen molar-refractivity contribution in [2.24, 2.45) is 0 Å². The van der Waals surface area contributed by atoms with Crippen LogP contribution >= 0.6 is 11.6 Å². The second kappa shape index (κ2) is 4.56. The van der Waals surface area contributed by atoms with Crippen molar-refractivity contribution in [2.45, 2.75) is 31.6 Å². The van der Waals surface area contributed by atoms with Crippen molar-refractivity contribution in [1.82, 2.24) is 15.3 Å². The molecule has 1 aliphatic heterocycles. The molecular weight excluding hydrogens is 246 g/mol. The van der Waals surface area contributed by atoms with Crippen LogP contribution in [0.15, 0.2) is 18.2 Å². The van der Waals surface area contributed by atoms with Crippen LogP contribution in [0, 0.1) is 0 Å². The Morgan fingerprint density at radius 3 is 3.00 bits per heavy atom. The van der Waals surface area contributed by atoms with Crippen LogP contribution in [-0.2, 0) is 5.41 Å². The second-order valence-electron chi connectivity index (χ2n) is 5.18. The highest BCUT2D eigenvalue weighted by Crippen LogP contribution is 2.35. The largest absolute Gasteiger partial charge is 0.341 e. The van der Waals surface area contributed by atoms with Crippen molar-refractivity contribution >= 4 is 22.6 Å². The van der Waals surface area contributed by atoms with Gasteiger partial charge in [0.25, 0.3) is 0 Å². The highest BCUT2D eigenvalue weighted by atomic mass is 35.5. The molecule has 1 aliphatic rings. The number of halogens is 1. The summed E-state index contributed by atoms with van der Waals surface area (Å²) in [5, 5.41) is 4.19. The minimum atomic E-state index is 0.164. The maximum absolute atomic E-state index is 6.20. The first kappa shape index (κ1) is 12.0. The van der Waals surface area contributed by atoms with Crippen molar-refractivity contribution in [1.29, 1.82) is 0 Å². The van der Waals surface area contributed by atoms with Crippen LogP contribution in [0.3, 0.4) is 0 Å². The number of nitrogens with zero attached hydrogens (tertiary/aromatic N) is 1. The molecule has 0 bridgehead atoms. The molecule has 0 radical (unpaired) electrons. The minimum absolute atomic E-state index is 0.164. The number of aromatic nitrogens is 2. The highest BCUT2D eigenvalue weighted by Gasteiger charge is 2.37. The van der Waals surface area contributed by atoms with E-state index in [9.17, 15) is 0 Å². The van der Waals surface area contributed by atoms with Crippen molar-refractivity contribution in [3.63, 3.8) is 0 Å². The van der Waals surface area contributed by atoms with Gasteiger partial charge in [-0.05, 0) is 31.5 Å². The number of hydrogen-bond donors (Lipinski definition) is 2. The maximum atomic E-state index is 6.20. The molecule has 1 unspecified atom stereocenters. The number of aromatic amines is 1. The summed E-state index contributed by atoms with van der Waals surface area (Å²) < 4.78 is 0. The number of nitrogens with one attached hydrogen (secondary N) is 2. The molecule has 18 heavy (non-hydrogen) atoms. The van der Waals surface area contributed by atoms with Crippen LogP contribution in [0.25, 0.3) is 11.0 Å². The van der Waals surface area contributed by atoms with Crippen LogP contribution in [0.2, 0.25) is 5.02 Å². The molecule has 0 saturated carbocycles. The van der Waals surface area contributed by atoms with Gasteiger partial charge < -0.3 is 10.3 Å². The van der Waals surface area contributed by atoms with E-state index in [-0.39, 0.29) is 5.41 Å². The maximum Gasteiger partial charge on any atom is 0.114 e. The standard InChI is InChI=1S/C14H18ClN3/c1-2-6-14(7-8-16-9-14)13-17-11-5-3-4-10(15)12(11)18-13/h3-5,16H,2,6-9H2,1H3,(H,17,18). The van der Waals surface area contributed by atoms with Gasteiger partial charge in [-0.1, -0.05) is 31.0 Å². The Kier molecular flexibility index (Phi) is 3.04. The molecule has 0 aliphatic carbocycles. The monoisotopic (exact) mass is 263 g/mol. The van der Waals surface area contributed by atoms with E-state index in [1.807, 2.05) is 18.2 Å². The van der Waals surface area contributed by atoms with Gasteiger partial charge in [0.1, 0.15) is 11.3 Å². The third-order valence-electron chi connectivity index (χ3n) is 3.94. The second-order valence-corrected chi connectivity index (χ2v) is 5.59. The summed E-state index contributed by atoms with van der Waals surface area (Å²) in [4.78, 5) is 8.23. The van der Waals surface area contributed by atoms with Crippen LogP contribution in [0.5, 0.6) is 0 Å². The summed E-state index contributed by atoms with van der Waals surface area (Å²) in [5.41, 5.74) is 2.10. The van der Waals surface area contributed by atoms with Crippen LogP contribution in [0.1, 0.15) is 32.0 Å². The van der Waals surface area contributed by atoms with Crippen LogP contribution in [-0.4, -0.2) is 23.1 Å². The number of imidazole rings is 1. The molecule has 96 valence electrons. The van der Waals surface area contributed by atoms with Gasteiger partial charge in [-0.15, -0.1) is 0 Å². The molecule has 0 spiro atoms. The zero-order chi connectivity index (χ0) is 12.6. The lowest BCUT2D eigenvalue weighted by Gasteiger charge is -2.25. The Bertz CT molecular complexity index is 555. The van der Waals surface area contributed by atoms with Crippen LogP contribution in [0.4, 0.5) is 0 Å². The SMILES string of the molecule is CCCC1(c2nc3c(Cl)cccc3[nH]2)CCNC1. The summed E-state index contributed by atoms with van der Waals surface area (Å²) in [6.07, 6.45) is 3.49.